The Bertz CT molecular complexity index is 1240. The number of nitrogens with two attached hydrogens (primary N) is 1. The van der Waals surface area contributed by atoms with Crippen molar-refractivity contribution in [1.82, 2.24) is 4.98 Å². The van der Waals surface area contributed by atoms with Gasteiger partial charge in [-0.15, -0.1) is 11.3 Å². The molecule has 0 aliphatic carbocycles. The minimum atomic E-state index is -1.50. The Balaban J connectivity index is 1.63. The third-order valence-corrected chi connectivity index (χ3v) is 7.79. The lowest BCUT2D eigenvalue weighted by atomic mass is 10.1. The molecule has 1 amide bonds. The molecule has 9 heteroatoms. The molecular weight excluding hydrogens is 502 g/mol. The van der Waals surface area contributed by atoms with Gasteiger partial charge in [0.25, 0.3) is 0 Å². The van der Waals surface area contributed by atoms with Crippen LogP contribution in [0, 0.1) is 0 Å². The number of thiophene rings is 1. The largest absolute Gasteiger partial charge is 0.487 e. The number of pyridine rings is 1. The quantitative estimate of drug-likeness (QED) is 0.295. The van der Waals surface area contributed by atoms with Gasteiger partial charge in [0.1, 0.15) is 12.4 Å². The van der Waals surface area contributed by atoms with Crippen LogP contribution in [0.3, 0.4) is 0 Å². The number of nitrogens with zero attached hydrogens (tertiary/aromatic N) is 1. The summed E-state index contributed by atoms with van der Waals surface area (Å²) < 4.78 is 21.4. The fraction of sp³-hybridized carbons (Fsp3) is 0.0909. The Labute approximate surface area is 192 Å². The summed E-state index contributed by atoms with van der Waals surface area (Å²) in [5.74, 6) is -1.67. The van der Waals surface area contributed by atoms with E-state index in [0.29, 0.717) is 25.2 Å². The lowest BCUT2D eigenvalue weighted by Gasteiger charge is -2.10. The van der Waals surface area contributed by atoms with Gasteiger partial charge < -0.3 is 15.4 Å². The van der Waals surface area contributed by atoms with Crippen LogP contribution in [0.5, 0.6) is 5.75 Å². The van der Waals surface area contributed by atoms with Crippen molar-refractivity contribution in [3.05, 3.63) is 81.4 Å². The minimum Gasteiger partial charge on any atom is -0.487 e. The lowest BCUT2D eigenvalue weighted by Crippen LogP contribution is -2.11. The number of rotatable bonds is 7. The van der Waals surface area contributed by atoms with Crippen molar-refractivity contribution >= 4 is 52.1 Å². The highest BCUT2D eigenvalue weighted by Crippen LogP contribution is 2.48. The maximum absolute atomic E-state index is 14.2. The number of hydrogen-bond acceptors (Lipinski definition) is 5. The van der Waals surface area contributed by atoms with E-state index in [4.69, 9.17) is 10.5 Å². The van der Waals surface area contributed by atoms with E-state index < -0.39 is 20.6 Å². The fourth-order valence-electron chi connectivity index (χ4n) is 3.12. The van der Waals surface area contributed by atoms with E-state index in [1.807, 2.05) is 36.4 Å². The second-order valence-corrected chi connectivity index (χ2v) is 9.32. The molecule has 0 saturated heterocycles. The molecule has 0 spiro atoms. The third-order valence-electron chi connectivity index (χ3n) is 4.69. The standard InChI is InChI=1S/C22H17BrFN2O3PS/c23-18-16-8-15(22(25)27)9-17(19(16)31-20(18)21(24)30-28)29-11-12-3-5-13(6-4-12)14-2-1-7-26-10-14/h1-10,21,28,30H,11H2,(H2,25,27). The zero-order valence-electron chi connectivity index (χ0n) is 16.0. The normalized spacial score (nSPS) is 12.5. The molecule has 0 aliphatic heterocycles. The van der Waals surface area contributed by atoms with Crippen molar-refractivity contribution in [1.29, 1.82) is 0 Å². The second-order valence-electron chi connectivity index (χ2n) is 6.71. The predicted octanol–water partition coefficient (Wildman–Crippen LogP) is 5.96. The summed E-state index contributed by atoms with van der Waals surface area (Å²) in [6.07, 6.45) is 3.53. The van der Waals surface area contributed by atoms with Gasteiger partial charge in [0.15, 0.2) is 5.91 Å². The van der Waals surface area contributed by atoms with Gasteiger partial charge >= 0.3 is 0 Å². The van der Waals surface area contributed by atoms with Crippen molar-refractivity contribution in [3.8, 4) is 16.9 Å². The molecule has 3 N–H and O–H groups in total. The van der Waals surface area contributed by atoms with Crippen LogP contribution < -0.4 is 10.5 Å². The van der Waals surface area contributed by atoms with Gasteiger partial charge in [-0.3, -0.25) is 9.78 Å². The van der Waals surface area contributed by atoms with Crippen LogP contribution in [-0.2, 0) is 6.61 Å². The second kappa shape index (κ2) is 9.40. The monoisotopic (exact) mass is 518 g/mol. The maximum atomic E-state index is 14.2. The molecule has 4 rings (SSSR count). The summed E-state index contributed by atoms with van der Waals surface area (Å²) in [5.41, 5.74) is 8.73. The number of benzene rings is 2. The van der Waals surface area contributed by atoms with Crippen molar-refractivity contribution in [2.24, 2.45) is 5.73 Å². The number of halogens is 2. The molecule has 31 heavy (non-hydrogen) atoms. The first-order chi connectivity index (χ1) is 15.0. The molecule has 2 aromatic carbocycles. The first-order valence-corrected chi connectivity index (χ1v) is 11.8. The van der Waals surface area contributed by atoms with Crippen molar-refractivity contribution in [2.45, 2.75) is 12.5 Å². The van der Waals surface area contributed by atoms with Crippen molar-refractivity contribution in [2.75, 3.05) is 0 Å². The van der Waals surface area contributed by atoms with Gasteiger partial charge in [-0.05, 0) is 50.8 Å². The molecule has 0 radical (unpaired) electrons. The molecule has 0 aliphatic rings. The number of primary amides is 1. The summed E-state index contributed by atoms with van der Waals surface area (Å²) in [6.45, 7) is 0.260. The summed E-state index contributed by atoms with van der Waals surface area (Å²) in [7, 11) is -0.879. The molecule has 2 atom stereocenters. The van der Waals surface area contributed by atoms with Crippen LogP contribution in [0.25, 0.3) is 21.2 Å². The van der Waals surface area contributed by atoms with Crippen LogP contribution in [0.2, 0.25) is 0 Å². The van der Waals surface area contributed by atoms with E-state index in [2.05, 4.69) is 20.9 Å². The first kappa shape index (κ1) is 21.8. The smallest absolute Gasteiger partial charge is 0.248 e. The van der Waals surface area contributed by atoms with Crippen LogP contribution in [0.15, 0.2) is 65.4 Å². The fourth-order valence-corrected chi connectivity index (χ4v) is 5.82. The minimum absolute atomic E-state index is 0.260. The van der Waals surface area contributed by atoms with E-state index in [1.165, 1.54) is 11.3 Å². The van der Waals surface area contributed by atoms with E-state index in [0.717, 1.165) is 16.7 Å². The molecule has 4 aromatic rings. The van der Waals surface area contributed by atoms with Crippen LogP contribution in [-0.4, -0.2) is 15.8 Å². The number of ether oxygens (including phenoxy) is 1. The lowest BCUT2D eigenvalue weighted by molar-refractivity contribution is 0.1000. The molecule has 158 valence electrons. The highest BCUT2D eigenvalue weighted by Gasteiger charge is 2.22. The van der Waals surface area contributed by atoms with Crippen molar-refractivity contribution in [3.63, 3.8) is 0 Å². The van der Waals surface area contributed by atoms with Gasteiger partial charge in [0.2, 0.25) is 5.91 Å². The molecule has 0 bridgehead atoms. The van der Waals surface area contributed by atoms with Gasteiger partial charge in [-0.25, -0.2) is 4.39 Å². The Morgan fingerprint density at radius 1 is 1.26 bits per heavy atom. The van der Waals surface area contributed by atoms with Crippen LogP contribution >= 0.6 is 36.1 Å². The van der Waals surface area contributed by atoms with Gasteiger partial charge in [-0.2, -0.15) is 0 Å². The molecule has 2 heterocycles. The first-order valence-electron chi connectivity index (χ1n) is 9.19. The maximum Gasteiger partial charge on any atom is 0.248 e. The average Bonchev–Trinajstić information content (AvgIpc) is 3.14. The number of hydrogen-bond donors (Lipinski definition) is 2. The Morgan fingerprint density at radius 3 is 2.68 bits per heavy atom. The van der Waals surface area contributed by atoms with E-state index in [-0.39, 0.29) is 12.2 Å². The van der Waals surface area contributed by atoms with Gasteiger partial charge in [0, 0.05) is 27.8 Å². The number of amides is 1. The van der Waals surface area contributed by atoms with Crippen molar-refractivity contribution < 1.29 is 18.8 Å². The zero-order chi connectivity index (χ0) is 22.0. The summed E-state index contributed by atoms with van der Waals surface area (Å²) in [4.78, 5) is 25.5. The van der Waals surface area contributed by atoms with E-state index in [1.54, 1.807) is 24.5 Å². The number of fused-ring (bicyclic) bond motifs is 1. The Hall–Kier alpha value is -2.38. The molecule has 5 nitrogen and oxygen atoms in total. The molecular formula is C22H17BrFN2O3PS. The number of aromatic nitrogens is 1. The topological polar surface area (TPSA) is 85.4 Å². The predicted molar refractivity (Wildman–Crippen MR) is 126 cm³/mol. The van der Waals surface area contributed by atoms with Crippen LogP contribution in [0.4, 0.5) is 4.39 Å². The van der Waals surface area contributed by atoms with Gasteiger partial charge in [-0.1, -0.05) is 30.3 Å². The number of carbonyl (C=O) groups excluding carboxylic acids is 1. The molecule has 0 saturated carbocycles. The SMILES string of the molecule is NC(=O)c1cc(OCc2ccc(-c3cccnc3)cc2)c2sc(C(F)PO)c(Br)c2c1. The summed E-state index contributed by atoms with van der Waals surface area (Å²) in [6, 6.07) is 14.9. The Kier molecular flexibility index (Phi) is 6.62. The number of alkyl halides is 1. The Morgan fingerprint density at radius 2 is 2.03 bits per heavy atom. The van der Waals surface area contributed by atoms with E-state index in [9.17, 15) is 14.1 Å². The van der Waals surface area contributed by atoms with Gasteiger partial charge in [0.05, 0.1) is 18.4 Å². The highest BCUT2D eigenvalue weighted by molar-refractivity contribution is 9.10. The summed E-state index contributed by atoms with van der Waals surface area (Å²) >= 11 is 4.57. The summed E-state index contributed by atoms with van der Waals surface area (Å²) in [5, 5.41) is 0.624. The molecule has 2 aromatic heterocycles. The van der Waals surface area contributed by atoms with E-state index >= 15 is 0 Å². The highest BCUT2D eigenvalue weighted by atomic mass is 79.9. The van der Waals surface area contributed by atoms with Crippen LogP contribution in [0.1, 0.15) is 26.7 Å². The third kappa shape index (κ3) is 4.62. The zero-order valence-corrected chi connectivity index (χ0v) is 19.4. The molecule has 0 fully saturated rings. The average molecular weight is 519 g/mol. The molecule has 2 unspecified atom stereocenters. The number of carbonyl (C=O) groups is 1.